The van der Waals surface area contributed by atoms with E-state index in [1.807, 2.05) is 37.3 Å². The van der Waals surface area contributed by atoms with Crippen LogP contribution in [0.4, 0.5) is 0 Å². The van der Waals surface area contributed by atoms with Gasteiger partial charge in [-0.2, -0.15) is 0 Å². The second-order valence-corrected chi connectivity index (χ2v) is 5.83. The Morgan fingerprint density at radius 2 is 2.04 bits per heavy atom. The van der Waals surface area contributed by atoms with Crippen LogP contribution in [0.3, 0.4) is 0 Å². The van der Waals surface area contributed by atoms with E-state index in [4.69, 9.17) is 4.52 Å². The molecule has 2 heterocycles. The molecule has 0 unspecified atom stereocenters. The molecule has 1 aromatic heterocycles. The summed E-state index contributed by atoms with van der Waals surface area (Å²) in [5.41, 5.74) is 2.39. The Morgan fingerprint density at radius 3 is 2.61 bits per heavy atom. The lowest BCUT2D eigenvalue weighted by Crippen LogP contribution is -2.30. The van der Waals surface area contributed by atoms with Crippen LogP contribution < -0.4 is 0 Å². The molecule has 0 saturated carbocycles. The highest BCUT2D eigenvalue weighted by Crippen LogP contribution is 2.39. The topological polar surface area (TPSA) is 83.6 Å². The quantitative estimate of drug-likeness (QED) is 0.937. The van der Waals surface area contributed by atoms with E-state index in [9.17, 15) is 14.7 Å². The second-order valence-electron chi connectivity index (χ2n) is 5.83. The third kappa shape index (κ3) is 2.72. The van der Waals surface area contributed by atoms with Gasteiger partial charge < -0.3 is 14.5 Å². The number of rotatable bonds is 4. The molecule has 0 bridgehead atoms. The molecule has 1 N–H and O–H groups in total. The molecule has 3 rings (SSSR count). The minimum absolute atomic E-state index is 0.0122. The number of carbonyl (C=O) groups is 2. The number of aromatic nitrogens is 1. The maximum absolute atomic E-state index is 12.4. The van der Waals surface area contributed by atoms with E-state index in [2.05, 4.69) is 5.16 Å². The van der Waals surface area contributed by atoms with E-state index in [-0.39, 0.29) is 12.3 Å². The Kier molecular flexibility index (Phi) is 3.90. The smallest absolute Gasteiger partial charge is 0.309 e. The van der Waals surface area contributed by atoms with Gasteiger partial charge in [-0.3, -0.25) is 9.59 Å². The van der Waals surface area contributed by atoms with Gasteiger partial charge in [0, 0.05) is 12.0 Å². The van der Waals surface area contributed by atoms with Gasteiger partial charge in [-0.25, -0.2) is 0 Å². The number of hydrogen-bond donors (Lipinski definition) is 1. The van der Waals surface area contributed by atoms with Crippen LogP contribution in [-0.2, 0) is 16.1 Å². The van der Waals surface area contributed by atoms with E-state index in [1.54, 1.807) is 11.8 Å². The largest absolute Gasteiger partial charge is 0.481 e. The number of aliphatic carboxylic acids is 1. The van der Waals surface area contributed by atoms with Crippen LogP contribution in [0.25, 0.3) is 0 Å². The molecule has 0 aliphatic carbocycles. The van der Waals surface area contributed by atoms with Gasteiger partial charge in [-0.1, -0.05) is 35.5 Å². The van der Waals surface area contributed by atoms with Gasteiger partial charge in [0.05, 0.1) is 24.2 Å². The summed E-state index contributed by atoms with van der Waals surface area (Å²) in [5, 5.41) is 13.4. The van der Waals surface area contributed by atoms with Crippen molar-refractivity contribution >= 4 is 11.9 Å². The number of hydrogen-bond acceptors (Lipinski definition) is 4. The van der Waals surface area contributed by atoms with Crippen molar-refractivity contribution in [3.8, 4) is 0 Å². The number of likely N-dealkylation sites (tertiary alicyclic amines) is 1. The molecule has 1 aliphatic rings. The number of aryl methyl sites for hydroxylation is 2. The SMILES string of the molecule is Cc1noc(C)c1CN1C(=O)C[C@@H](C(=O)O)[C@@H]1c1ccccc1. The number of nitrogens with zero attached hydrogens (tertiary/aromatic N) is 2. The van der Waals surface area contributed by atoms with Crippen molar-refractivity contribution < 1.29 is 19.2 Å². The summed E-state index contributed by atoms with van der Waals surface area (Å²) in [7, 11) is 0. The molecule has 1 fully saturated rings. The van der Waals surface area contributed by atoms with E-state index >= 15 is 0 Å². The number of carboxylic acids is 1. The zero-order valence-corrected chi connectivity index (χ0v) is 13.0. The number of amides is 1. The van der Waals surface area contributed by atoms with Gasteiger partial charge in [0.25, 0.3) is 0 Å². The Morgan fingerprint density at radius 1 is 1.35 bits per heavy atom. The Bertz CT molecular complexity index is 719. The molecule has 6 nitrogen and oxygen atoms in total. The van der Waals surface area contributed by atoms with Crippen molar-refractivity contribution in [3.05, 3.63) is 52.9 Å². The van der Waals surface area contributed by atoms with Gasteiger partial charge in [0.15, 0.2) is 0 Å². The summed E-state index contributed by atoms with van der Waals surface area (Å²) >= 11 is 0. The highest BCUT2D eigenvalue weighted by atomic mass is 16.5. The molecular formula is C17H18N2O4. The molecule has 6 heteroatoms. The maximum atomic E-state index is 12.4. The average Bonchev–Trinajstić information content (AvgIpc) is 3.03. The van der Waals surface area contributed by atoms with Gasteiger partial charge >= 0.3 is 5.97 Å². The summed E-state index contributed by atoms with van der Waals surface area (Å²) in [5.74, 6) is -1.20. The van der Waals surface area contributed by atoms with Crippen LogP contribution in [0.5, 0.6) is 0 Å². The van der Waals surface area contributed by atoms with Crippen LogP contribution in [0.15, 0.2) is 34.9 Å². The van der Waals surface area contributed by atoms with Crippen molar-refractivity contribution in [2.24, 2.45) is 5.92 Å². The van der Waals surface area contributed by atoms with Gasteiger partial charge in [-0.15, -0.1) is 0 Å². The molecule has 1 saturated heterocycles. The van der Waals surface area contributed by atoms with Crippen LogP contribution in [0.1, 0.15) is 35.0 Å². The second kappa shape index (κ2) is 5.87. The van der Waals surface area contributed by atoms with E-state index < -0.39 is 17.9 Å². The summed E-state index contributed by atoms with van der Waals surface area (Å²) in [6.07, 6.45) is 0.0122. The zero-order valence-electron chi connectivity index (χ0n) is 13.0. The van der Waals surface area contributed by atoms with Crippen LogP contribution >= 0.6 is 0 Å². The first-order valence-electron chi connectivity index (χ1n) is 7.48. The van der Waals surface area contributed by atoms with Crippen molar-refractivity contribution in [3.63, 3.8) is 0 Å². The van der Waals surface area contributed by atoms with Crippen LogP contribution in [-0.4, -0.2) is 27.0 Å². The monoisotopic (exact) mass is 314 g/mol. The molecule has 2 atom stereocenters. The molecule has 0 radical (unpaired) electrons. The lowest BCUT2D eigenvalue weighted by Gasteiger charge is -2.27. The minimum atomic E-state index is -0.950. The fourth-order valence-corrected chi connectivity index (χ4v) is 3.16. The third-order valence-electron chi connectivity index (χ3n) is 4.40. The lowest BCUT2D eigenvalue weighted by atomic mass is 9.93. The van der Waals surface area contributed by atoms with E-state index in [0.717, 1.165) is 16.8 Å². The normalized spacial score (nSPS) is 21.0. The first kappa shape index (κ1) is 15.3. The third-order valence-corrected chi connectivity index (χ3v) is 4.40. The van der Waals surface area contributed by atoms with Crippen LogP contribution in [0, 0.1) is 19.8 Å². The number of benzene rings is 1. The van der Waals surface area contributed by atoms with Crippen molar-refractivity contribution in [2.45, 2.75) is 32.9 Å². The minimum Gasteiger partial charge on any atom is -0.481 e. The Hall–Kier alpha value is -2.63. The summed E-state index contributed by atoms with van der Waals surface area (Å²) in [6, 6.07) is 8.82. The molecule has 1 aromatic carbocycles. The predicted octanol–water partition coefficient (Wildman–Crippen LogP) is 2.47. The fourth-order valence-electron chi connectivity index (χ4n) is 3.16. The zero-order chi connectivity index (χ0) is 16.6. The maximum Gasteiger partial charge on any atom is 0.309 e. The first-order chi connectivity index (χ1) is 11.0. The average molecular weight is 314 g/mol. The molecule has 120 valence electrons. The molecular weight excluding hydrogens is 296 g/mol. The van der Waals surface area contributed by atoms with Crippen molar-refractivity contribution in [1.82, 2.24) is 10.1 Å². The molecule has 0 spiro atoms. The molecule has 1 aliphatic heterocycles. The summed E-state index contributed by atoms with van der Waals surface area (Å²) in [4.78, 5) is 25.7. The van der Waals surface area contributed by atoms with Gasteiger partial charge in [-0.05, 0) is 19.4 Å². The van der Waals surface area contributed by atoms with Crippen LogP contribution in [0.2, 0.25) is 0 Å². The van der Waals surface area contributed by atoms with Gasteiger partial charge in [0.1, 0.15) is 5.76 Å². The fraction of sp³-hybridized carbons (Fsp3) is 0.353. The Labute approximate surface area is 133 Å². The Balaban J connectivity index is 1.99. The van der Waals surface area contributed by atoms with Gasteiger partial charge in [0.2, 0.25) is 5.91 Å². The van der Waals surface area contributed by atoms with Crippen molar-refractivity contribution in [2.75, 3.05) is 0 Å². The highest BCUT2D eigenvalue weighted by molar-refractivity contribution is 5.87. The number of carbonyl (C=O) groups excluding carboxylic acids is 1. The predicted molar refractivity (Wildman–Crippen MR) is 81.5 cm³/mol. The van der Waals surface area contributed by atoms with E-state index in [1.165, 1.54) is 0 Å². The van der Waals surface area contributed by atoms with Crippen molar-refractivity contribution in [1.29, 1.82) is 0 Å². The molecule has 23 heavy (non-hydrogen) atoms. The highest BCUT2D eigenvalue weighted by Gasteiger charge is 2.44. The molecule has 2 aromatic rings. The standard InChI is InChI=1S/C17H18N2O4/c1-10-14(11(2)23-18-10)9-19-15(20)8-13(17(21)22)16(19)12-6-4-3-5-7-12/h3-7,13,16H,8-9H2,1-2H3,(H,21,22)/t13-,16+/m1/s1. The number of carboxylic acid groups (broad SMARTS) is 1. The molecule has 1 amide bonds. The summed E-state index contributed by atoms with van der Waals surface area (Å²) in [6.45, 7) is 3.92. The first-order valence-corrected chi connectivity index (χ1v) is 7.48. The van der Waals surface area contributed by atoms with E-state index in [0.29, 0.717) is 12.3 Å². The lowest BCUT2D eigenvalue weighted by molar-refractivity contribution is -0.142. The summed E-state index contributed by atoms with van der Waals surface area (Å²) < 4.78 is 5.15.